The average Bonchev–Trinajstić information content (AvgIpc) is 3.62. The molecule has 5 rings (SSSR count). The van der Waals surface area contributed by atoms with Crippen LogP contribution < -0.4 is 10.1 Å². The maximum Gasteiger partial charge on any atom is 0.151 e. The Labute approximate surface area is 206 Å². The molecule has 0 unspecified atom stereocenters. The fourth-order valence-corrected chi connectivity index (χ4v) is 5.32. The van der Waals surface area contributed by atoms with Crippen molar-refractivity contribution in [1.82, 2.24) is 20.3 Å². The molecule has 4 atom stereocenters. The van der Waals surface area contributed by atoms with Crippen LogP contribution in [0.25, 0.3) is 16.9 Å². The molecular weight excluding hydrogens is 438 g/mol. The number of Topliss-reactive ketones (excluding diaryl/α,β-unsaturated/α-hetero) is 1. The highest BCUT2D eigenvalue weighted by Gasteiger charge is 2.42. The number of fused-ring (bicyclic) bond motifs is 2. The quantitative estimate of drug-likeness (QED) is 0.496. The van der Waals surface area contributed by atoms with Crippen LogP contribution in [0.5, 0.6) is 5.75 Å². The van der Waals surface area contributed by atoms with E-state index in [0.717, 1.165) is 41.1 Å². The van der Waals surface area contributed by atoms with Crippen LogP contribution in [0, 0.1) is 23.2 Å². The van der Waals surface area contributed by atoms with Gasteiger partial charge in [-0.2, -0.15) is 5.26 Å². The molecule has 1 aliphatic carbocycles. The van der Waals surface area contributed by atoms with E-state index in [2.05, 4.69) is 21.7 Å². The van der Waals surface area contributed by atoms with E-state index in [-0.39, 0.29) is 23.8 Å². The van der Waals surface area contributed by atoms with Crippen molar-refractivity contribution in [2.75, 3.05) is 0 Å². The Morgan fingerprint density at radius 2 is 1.94 bits per heavy atom. The van der Waals surface area contributed by atoms with Crippen molar-refractivity contribution in [2.45, 2.75) is 64.1 Å². The molecule has 2 heterocycles. The van der Waals surface area contributed by atoms with E-state index in [1.54, 1.807) is 4.68 Å². The molecule has 35 heavy (non-hydrogen) atoms. The lowest BCUT2D eigenvalue weighted by Gasteiger charge is -2.22. The van der Waals surface area contributed by atoms with Crippen LogP contribution in [0.4, 0.5) is 0 Å². The third-order valence-corrected chi connectivity index (χ3v) is 7.04. The molecule has 1 aromatic heterocycles. The number of rotatable bonds is 9. The van der Waals surface area contributed by atoms with Gasteiger partial charge >= 0.3 is 0 Å². The SMILES string of the molecule is CC(C)Oc1ccc(-c2cn(-c3ccc(C[C@@H](C#N)CC(=O)[C@H]4N[C@@H]5CC[C@H]4C5)cc3)nn2)cc1. The lowest BCUT2D eigenvalue weighted by atomic mass is 9.88. The van der Waals surface area contributed by atoms with E-state index in [1.165, 1.54) is 6.42 Å². The highest BCUT2D eigenvalue weighted by Crippen LogP contribution is 2.36. The maximum atomic E-state index is 12.8. The molecule has 0 amide bonds. The lowest BCUT2D eigenvalue weighted by molar-refractivity contribution is -0.122. The minimum absolute atomic E-state index is 0.0487. The molecule has 1 saturated carbocycles. The highest BCUT2D eigenvalue weighted by atomic mass is 16.5. The molecule has 0 radical (unpaired) electrons. The van der Waals surface area contributed by atoms with Gasteiger partial charge < -0.3 is 10.1 Å². The summed E-state index contributed by atoms with van der Waals surface area (Å²) in [7, 11) is 0. The maximum absolute atomic E-state index is 12.8. The molecule has 2 fully saturated rings. The summed E-state index contributed by atoms with van der Waals surface area (Å²) in [6.45, 7) is 4.00. The number of aromatic nitrogens is 3. The molecule has 0 spiro atoms. The molecule has 7 heteroatoms. The zero-order chi connectivity index (χ0) is 24.4. The van der Waals surface area contributed by atoms with Gasteiger partial charge in [-0.25, -0.2) is 4.68 Å². The zero-order valence-electron chi connectivity index (χ0n) is 20.2. The van der Waals surface area contributed by atoms with Crippen LogP contribution in [0.1, 0.15) is 45.1 Å². The second kappa shape index (κ2) is 10.0. The van der Waals surface area contributed by atoms with Gasteiger partial charge in [-0.15, -0.1) is 5.10 Å². The van der Waals surface area contributed by atoms with Crippen LogP contribution in [0.15, 0.2) is 54.7 Å². The second-order valence-corrected chi connectivity index (χ2v) is 10.0. The van der Waals surface area contributed by atoms with Crippen LogP contribution >= 0.6 is 0 Å². The van der Waals surface area contributed by atoms with Crippen molar-refractivity contribution < 1.29 is 9.53 Å². The first-order valence-electron chi connectivity index (χ1n) is 12.5. The molecule has 2 aliphatic rings. The Bertz CT molecular complexity index is 1210. The number of ether oxygens (including phenoxy) is 1. The highest BCUT2D eigenvalue weighted by molar-refractivity contribution is 5.85. The van der Waals surface area contributed by atoms with Crippen molar-refractivity contribution in [3.05, 3.63) is 60.3 Å². The summed E-state index contributed by atoms with van der Waals surface area (Å²) >= 11 is 0. The van der Waals surface area contributed by atoms with Gasteiger partial charge in [0, 0.05) is 18.0 Å². The number of benzene rings is 2. The number of carbonyl (C=O) groups excluding carboxylic acids is 1. The number of carbonyl (C=O) groups is 1. The summed E-state index contributed by atoms with van der Waals surface area (Å²) in [4.78, 5) is 12.8. The fraction of sp³-hybridized carbons (Fsp3) is 0.429. The Hall–Kier alpha value is -3.50. The molecule has 2 aromatic carbocycles. The van der Waals surface area contributed by atoms with Crippen LogP contribution in [-0.4, -0.2) is 39.0 Å². The zero-order valence-corrected chi connectivity index (χ0v) is 20.2. The minimum Gasteiger partial charge on any atom is -0.491 e. The number of ketones is 1. The van der Waals surface area contributed by atoms with Gasteiger partial charge in [0.05, 0.1) is 36.0 Å². The molecule has 3 aromatic rings. The van der Waals surface area contributed by atoms with Crippen LogP contribution in [0.3, 0.4) is 0 Å². The predicted molar refractivity (Wildman–Crippen MR) is 133 cm³/mol. The summed E-state index contributed by atoms with van der Waals surface area (Å²) in [5, 5.41) is 21.7. The normalized spacial score (nSPS) is 21.7. The first-order valence-corrected chi connectivity index (χ1v) is 12.5. The first-order chi connectivity index (χ1) is 17.0. The summed E-state index contributed by atoms with van der Waals surface area (Å²) in [5.41, 5.74) is 3.68. The van der Waals surface area contributed by atoms with Gasteiger partial charge in [-0.05, 0) is 87.4 Å². The summed E-state index contributed by atoms with van der Waals surface area (Å²) in [6.07, 6.45) is 6.32. The Morgan fingerprint density at radius 1 is 1.17 bits per heavy atom. The van der Waals surface area contributed by atoms with E-state index in [0.29, 0.717) is 24.8 Å². The number of hydrogen-bond donors (Lipinski definition) is 1. The lowest BCUT2D eigenvalue weighted by Crippen LogP contribution is -2.42. The number of nitrogens with zero attached hydrogens (tertiary/aromatic N) is 4. The summed E-state index contributed by atoms with van der Waals surface area (Å²) in [5.74, 6) is 1.18. The second-order valence-electron chi connectivity index (χ2n) is 10.0. The molecule has 180 valence electrons. The van der Waals surface area contributed by atoms with Crippen molar-refractivity contribution in [1.29, 1.82) is 5.26 Å². The smallest absolute Gasteiger partial charge is 0.151 e. The van der Waals surface area contributed by atoms with E-state index in [4.69, 9.17) is 4.74 Å². The molecule has 7 nitrogen and oxygen atoms in total. The van der Waals surface area contributed by atoms with Crippen molar-refractivity contribution >= 4 is 5.78 Å². The van der Waals surface area contributed by atoms with Crippen LogP contribution in [0.2, 0.25) is 0 Å². The van der Waals surface area contributed by atoms with Gasteiger partial charge in [0.25, 0.3) is 0 Å². The number of nitriles is 1. The summed E-state index contributed by atoms with van der Waals surface area (Å²) in [6, 6.07) is 18.6. The fourth-order valence-electron chi connectivity index (χ4n) is 5.32. The van der Waals surface area contributed by atoms with Gasteiger partial charge in [0.2, 0.25) is 0 Å². The standard InChI is InChI=1S/C28H31N5O2/c1-18(2)35-25-11-6-21(7-12-25)26-17-33(32-31-26)24-9-3-19(4-10-24)13-20(16-29)14-27(34)28-22-5-8-23(15-22)30-28/h3-4,6-7,9-12,17-18,20,22-23,28,30H,5,8,13-15H2,1-2H3/t20-,22+,23-,28+/m1/s1. The van der Waals surface area contributed by atoms with Crippen molar-refractivity contribution in [3.63, 3.8) is 0 Å². The number of hydrogen-bond acceptors (Lipinski definition) is 6. The predicted octanol–water partition coefficient (Wildman–Crippen LogP) is 4.50. The van der Waals surface area contributed by atoms with E-state index in [9.17, 15) is 10.1 Å². The topological polar surface area (TPSA) is 92.8 Å². The van der Waals surface area contributed by atoms with Crippen LogP contribution in [-0.2, 0) is 11.2 Å². The molecular formula is C28H31N5O2. The molecule has 1 N–H and O–H groups in total. The van der Waals surface area contributed by atoms with E-state index < -0.39 is 0 Å². The van der Waals surface area contributed by atoms with Gasteiger partial charge in [0.1, 0.15) is 11.4 Å². The van der Waals surface area contributed by atoms with E-state index >= 15 is 0 Å². The van der Waals surface area contributed by atoms with Crippen molar-refractivity contribution in [3.8, 4) is 28.8 Å². The van der Waals surface area contributed by atoms with Gasteiger partial charge in [0.15, 0.2) is 5.78 Å². The van der Waals surface area contributed by atoms with Gasteiger partial charge in [-0.3, -0.25) is 4.79 Å². The Morgan fingerprint density at radius 3 is 2.57 bits per heavy atom. The van der Waals surface area contributed by atoms with Crippen molar-refractivity contribution in [2.24, 2.45) is 11.8 Å². The third-order valence-electron chi connectivity index (χ3n) is 7.04. The third kappa shape index (κ3) is 5.28. The molecule has 1 aliphatic heterocycles. The average molecular weight is 470 g/mol. The number of nitrogens with one attached hydrogen (secondary N) is 1. The largest absolute Gasteiger partial charge is 0.491 e. The Kier molecular flexibility index (Phi) is 6.65. The molecule has 1 saturated heterocycles. The first kappa shape index (κ1) is 23.3. The van der Waals surface area contributed by atoms with E-state index in [1.807, 2.05) is 68.6 Å². The molecule has 2 bridgehead atoms. The summed E-state index contributed by atoms with van der Waals surface area (Å²) < 4.78 is 7.44. The Balaban J connectivity index is 1.20. The van der Waals surface area contributed by atoms with Gasteiger partial charge in [-0.1, -0.05) is 17.3 Å². The monoisotopic (exact) mass is 469 g/mol. The number of piperidine rings is 1. The minimum atomic E-state index is -0.310.